The number of hydrogen-bond acceptors (Lipinski definition) is 1. The molecule has 0 unspecified atom stereocenters. The third-order valence-corrected chi connectivity index (χ3v) is 2.69. The van der Waals surface area contributed by atoms with Crippen molar-refractivity contribution in [2.45, 2.75) is 33.6 Å². The van der Waals surface area contributed by atoms with Crippen molar-refractivity contribution < 1.29 is 0 Å². The normalized spacial score (nSPS) is 9.75. The largest absolute Gasteiger partial charge is 0.309 e. The third kappa shape index (κ3) is 3.12. The molecule has 1 N–H and O–H groups in total. The van der Waals surface area contributed by atoms with E-state index in [0.717, 1.165) is 19.4 Å². The SMILES string of the molecule is CCc1cc(C)cc(CC)c1C#CCNC. The molecule has 0 radical (unpaired) electrons. The van der Waals surface area contributed by atoms with Crippen LogP contribution in [0.4, 0.5) is 0 Å². The van der Waals surface area contributed by atoms with Gasteiger partial charge in [0.05, 0.1) is 6.54 Å². The molecule has 1 rings (SSSR count). The van der Waals surface area contributed by atoms with Crippen molar-refractivity contribution in [3.8, 4) is 11.8 Å². The number of rotatable bonds is 3. The summed E-state index contributed by atoms with van der Waals surface area (Å²) in [5, 5.41) is 3.05. The van der Waals surface area contributed by atoms with Crippen molar-refractivity contribution >= 4 is 0 Å². The van der Waals surface area contributed by atoms with Crippen LogP contribution in [-0.4, -0.2) is 13.6 Å². The lowest BCUT2D eigenvalue weighted by Crippen LogP contribution is -2.05. The van der Waals surface area contributed by atoms with Crippen LogP contribution in [0, 0.1) is 18.8 Å². The van der Waals surface area contributed by atoms with Crippen molar-refractivity contribution in [3.63, 3.8) is 0 Å². The maximum atomic E-state index is 3.30. The molecule has 16 heavy (non-hydrogen) atoms. The zero-order valence-corrected chi connectivity index (χ0v) is 10.8. The van der Waals surface area contributed by atoms with Crippen LogP contribution in [-0.2, 0) is 12.8 Å². The van der Waals surface area contributed by atoms with Crippen LogP contribution in [0.3, 0.4) is 0 Å². The highest BCUT2D eigenvalue weighted by atomic mass is 14.8. The Morgan fingerprint density at radius 1 is 1.12 bits per heavy atom. The van der Waals surface area contributed by atoms with Gasteiger partial charge >= 0.3 is 0 Å². The van der Waals surface area contributed by atoms with Crippen molar-refractivity contribution in [3.05, 3.63) is 34.4 Å². The average molecular weight is 215 g/mol. The molecule has 0 aliphatic rings. The molecule has 0 heterocycles. The fourth-order valence-electron chi connectivity index (χ4n) is 1.88. The summed E-state index contributed by atoms with van der Waals surface area (Å²) < 4.78 is 0. The first kappa shape index (κ1) is 12.8. The second-order valence-corrected chi connectivity index (χ2v) is 4.00. The molecule has 0 atom stereocenters. The molecule has 1 aromatic carbocycles. The maximum absolute atomic E-state index is 3.30. The summed E-state index contributed by atoms with van der Waals surface area (Å²) in [5.74, 6) is 6.46. The lowest BCUT2D eigenvalue weighted by atomic mass is 9.95. The molecule has 0 saturated heterocycles. The number of aryl methyl sites for hydroxylation is 3. The van der Waals surface area contributed by atoms with Crippen LogP contribution in [0.1, 0.15) is 36.1 Å². The Kier molecular flexibility index (Phi) is 5.08. The summed E-state index contributed by atoms with van der Waals surface area (Å²) in [4.78, 5) is 0. The van der Waals surface area contributed by atoms with E-state index in [4.69, 9.17) is 0 Å². The van der Waals surface area contributed by atoms with Gasteiger partial charge in [-0.05, 0) is 37.9 Å². The minimum Gasteiger partial charge on any atom is -0.309 e. The molecule has 0 aliphatic heterocycles. The molecule has 0 bridgehead atoms. The minimum absolute atomic E-state index is 0.750. The van der Waals surface area contributed by atoms with Crippen LogP contribution in [0.5, 0.6) is 0 Å². The summed E-state index contributed by atoms with van der Waals surface area (Å²) in [7, 11) is 1.92. The van der Waals surface area contributed by atoms with Crippen LogP contribution in [0.25, 0.3) is 0 Å². The molecule has 0 amide bonds. The molecular weight excluding hydrogens is 194 g/mol. The van der Waals surface area contributed by atoms with E-state index in [9.17, 15) is 0 Å². The first-order valence-corrected chi connectivity index (χ1v) is 5.98. The number of nitrogens with one attached hydrogen (secondary N) is 1. The van der Waals surface area contributed by atoms with E-state index in [0.29, 0.717) is 0 Å². The molecule has 0 fully saturated rings. The highest BCUT2D eigenvalue weighted by molar-refractivity contribution is 5.49. The summed E-state index contributed by atoms with van der Waals surface area (Å²) in [6, 6.07) is 4.51. The summed E-state index contributed by atoms with van der Waals surface area (Å²) in [5.41, 5.74) is 5.33. The van der Waals surface area contributed by atoms with Gasteiger partial charge < -0.3 is 5.32 Å². The van der Waals surface area contributed by atoms with E-state index in [-0.39, 0.29) is 0 Å². The molecular formula is C15H21N. The average Bonchev–Trinajstić information content (AvgIpc) is 2.30. The molecule has 0 spiro atoms. The van der Waals surface area contributed by atoms with Crippen LogP contribution >= 0.6 is 0 Å². The van der Waals surface area contributed by atoms with E-state index >= 15 is 0 Å². The van der Waals surface area contributed by atoms with Crippen LogP contribution in [0.15, 0.2) is 12.1 Å². The lowest BCUT2D eigenvalue weighted by Gasteiger charge is -2.09. The first-order chi connectivity index (χ1) is 7.72. The van der Waals surface area contributed by atoms with Crippen molar-refractivity contribution in [1.82, 2.24) is 5.32 Å². The van der Waals surface area contributed by atoms with E-state index in [2.05, 4.69) is 50.1 Å². The molecule has 86 valence electrons. The van der Waals surface area contributed by atoms with Gasteiger partial charge in [0.15, 0.2) is 0 Å². The Hall–Kier alpha value is -1.26. The highest BCUT2D eigenvalue weighted by Crippen LogP contribution is 2.18. The minimum atomic E-state index is 0.750. The number of hydrogen-bond donors (Lipinski definition) is 1. The van der Waals surface area contributed by atoms with E-state index in [1.54, 1.807) is 0 Å². The summed E-state index contributed by atoms with van der Waals surface area (Å²) >= 11 is 0. The number of benzene rings is 1. The van der Waals surface area contributed by atoms with Gasteiger partial charge in [0, 0.05) is 5.56 Å². The molecule has 1 nitrogen and oxygen atoms in total. The second kappa shape index (κ2) is 6.35. The molecule has 0 aliphatic carbocycles. The van der Waals surface area contributed by atoms with Gasteiger partial charge in [0.25, 0.3) is 0 Å². The first-order valence-electron chi connectivity index (χ1n) is 5.98. The van der Waals surface area contributed by atoms with E-state index in [1.807, 2.05) is 7.05 Å². The van der Waals surface area contributed by atoms with Crippen molar-refractivity contribution in [1.29, 1.82) is 0 Å². The molecule has 0 aromatic heterocycles. The van der Waals surface area contributed by atoms with Gasteiger partial charge in [0.1, 0.15) is 0 Å². The standard InChI is InChI=1S/C15H21N/c1-5-13-10-12(3)11-14(6-2)15(13)8-7-9-16-4/h10-11,16H,5-6,9H2,1-4H3. The fraction of sp³-hybridized carbons (Fsp3) is 0.467. The topological polar surface area (TPSA) is 12.0 Å². The van der Waals surface area contributed by atoms with E-state index in [1.165, 1.54) is 22.3 Å². The van der Waals surface area contributed by atoms with E-state index < -0.39 is 0 Å². The Labute approximate surface area is 99.3 Å². The predicted molar refractivity (Wildman–Crippen MR) is 70.7 cm³/mol. The quantitative estimate of drug-likeness (QED) is 0.764. The zero-order chi connectivity index (χ0) is 12.0. The van der Waals surface area contributed by atoms with Crippen LogP contribution < -0.4 is 5.32 Å². The van der Waals surface area contributed by atoms with Gasteiger partial charge in [-0.3, -0.25) is 0 Å². The lowest BCUT2D eigenvalue weighted by molar-refractivity contribution is 0.937. The zero-order valence-electron chi connectivity index (χ0n) is 10.8. The third-order valence-electron chi connectivity index (χ3n) is 2.69. The summed E-state index contributed by atoms with van der Waals surface area (Å²) in [6.07, 6.45) is 2.11. The molecule has 0 saturated carbocycles. The summed E-state index contributed by atoms with van der Waals surface area (Å²) in [6.45, 7) is 7.29. The van der Waals surface area contributed by atoms with Gasteiger partial charge in [-0.25, -0.2) is 0 Å². The van der Waals surface area contributed by atoms with Crippen molar-refractivity contribution in [2.24, 2.45) is 0 Å². The van der Waals surface area contributed by atoms with Gasteiger partial charge in [-0.15, -0.1) is 0 Å². The molecule has 1 aromatic rings. The molecule has 1 heteroatoms. The maximum Gasteiger partial charge on any atom is 0.0577 e. The smallest absolute Gasteiger partial charge is 0.0577 e. The predicted octanol–water partition coefficient (Wildman–Crippen LogP) is 2.69. The fourth-order valence-corrected chi connectivity index (χ4v) is 1.88. The van der Waals surface area contributed by atoms with Gasteiger partial charge in [-0.1, -0.05) is 43.4 Å². The Morgan fingerprint density at radius 2 is 1.69 bits per heavy atom. The van der Waals surface area contributed by atoms with Gasteiger partial charge in [-0.2, -0.15) is 0 Å². The second-order valence-electron chi connectivity index (χ2n) is 4.00. The Morgan fingerprint density at radius 3 is 2.12 bits per heavy atom. The highest BCUT2D eigenvalue weighted by Gasteiger charge is 2.04. The Balaban J connectivity index is 3.18. The van der Waals surface area contributed by atoms with Crippen molar-refractivity contribution in [2.75, 3.05) is 13.6 Å². The van der Waals surface area contributed by atoms with Gasteiger partial charge in [0.2, 0.25) is 0 Å². The monoisotopic (exact) mass is 215 g/mol. The van der Waals surface area contributed by atoms with Crippen LogP contribution in [0.2, 0.25) is 0 Å². The Bertz CT molecular complexity index is 382.